The van der Waals surface area contributed by atoms with E-state index in [9.17, 15) is 19.7 Å². The monoisotopic (exact) mass is 328 g/mol. The predicted molar refractivity (Wildman–Crippen MR) is 88.4 cm³/mol. The van der Waals surface area contributed by atoms with E-state index in [2.05, 4.69) is 5.32 Å². The average molecular weight is 328 g/mol. The fourth-order valence-corrected chi connectivity index (χ4v) is 2.04. The standard InChI is InChI=1S/C17H16N2O5/c1-11-9-15(19(22)23)7-8-16(11)24-10-17(21)18-14-5-3-13(4-6-14)12(2)20/h3-9H,10H2,1-2H3,(H,18,21). The lowest BCUT2D eigenvalue weighted by Gasteiger charge is -2.09. The molecule has 0 heterocycles. The van der Waals surface area contributed by atoms with E-state index in [1.807, 2.05) is 0 Å². The number of rotatable bonds is 6. The van der Waals surface area contributed by atoms with Crippen molar-refractivity contribution in [3.63, 3.8) is 0 Å². The molecular weight excluding hydrogens is 312 g/mol. The number of carbonyl (C=O) groups excluding carboxylic acids is 2. The number of carbonyl (C=O) groups is 2. The van der Waals surface area contributed by atoms with E-state index in [4.69, 9.17) is 4.74 Å². The molecule has 24 heavy (non-hydrogen) atoms. The zero-order valence-electron chi connectivity index (χ0n) is 13.2. The highest BCUT2D eigenvalue weighted by atomic mass is 16.6. The van der Waals surface area contributed by atoms with Crippen molar-refractivity contribution in [1.29, 1.82) is 0 Å². The van der Waals surface area contributed by atoms with Crippen LogP contribution in [0.2, 0.25) is 0 Å². The molecule has 7 nitrogen and oxygen atoms in total. The van der Waals surface area contributed by atoms with Gasteiger partial charge in [0.1, 0.15) is 5.75 Å². The van der Waals surface area contributed by atoms with Gasteiger partial charge >= 0.3 is 0 Å². The molecule has 2 rings (SSSR count). The van der Waals surface area contributed by atoms with Crippen LogP contribution in [0.3, 0.4) is 0 Å². The van der Waals surface area contributed by atoms with Crippen LogP contribution < -0.4 is 10.1 Å². The second kappa shape index (κ2) is 7.36. The fourth-order valence-electron chi connectivity index (χ4n) is 2.04. The Balaban J connectivity index is 1.93. The Labute approximate surface area is 138 Å². The SMILES string of the molecule is CC(=O)c1ccc(NC(=O)COc2ccc([N+](=O)[O-])cc2C)cc1. The number of hydrogen-bond acceptors (Lipinski definition) is 5. The number of nitrogens with one attached hydrogen (secondary N) is 1. The first-order valence-electron chi connectivity index (χ1n) is 7.15. The number of benzene rings is 2. The number of nitro benzene ring substituents is 1. The Morgan fingerprint density at radius 1 is 1.17 bits per heavy atom. The second-order valence-electron chi connectivity index (χ2n) is 5.18. The Hall–Kier alpha value is -3.22. The van der Waals surface area contributed by atoms with E-state index in [-0.39, 0.29) is 24.0 Å². The summed E-state index contributed by atoms with van der Waals surface area (Å²) in [5.41, 5.74) is 1.65. The fraction of sp³-hybridized carbons (Fsp3) is 0.176. The van der Waals surface area contributed by atoms with Crippen LogP contribution in [0.4, 0.5) is 11.4 Å². The van der Waals surface area contributed by atoms with Crippen molar-refractivity contribution in [3.8, 4) is 5.75 Å². The van der Waals surface area contributed by atoms with Gasteiger partial charge in [0.25, 0.3) is 11.6 Å². The number of non-ortho nitro benzene ring substituents is 1. The zero-order chi connectivity index (χ0) is 17.7. The molecule has 0 unspecified atom stereocenters. The molecule has 0 bridgehead atoms. The van der Waals surface area contributed by atoms with Crippen molar-refractivity contribution in [2.24, 2.45) is 0 Å². The van der Waals surface area contributed by atoms with Crippen LogP contribution in [-0.4, -0.2) is 23.2 Å². The Morgan fingerprint density at radius 2 is 1.83 bits per heavy atom. The van der Waals surface area contributed by atoms with Crippen LogP contribution in [0.15, 0.2) is 42.5 Å². The van der Waals surface area contributed by atoms with Crippen molar-refractivity contribution in [2.75, 3.05) is 11.9 Å². The lowest BCUT2D eigenvalue weighted by Crippen LogP contribution is -2.20. The minimum absolute atomic E-state index is 0.0325. The summed E-state index contributed by atoms with van der Waals surface area (Å²) >= 11 is 0. The molecule has 0 aliphatic heterocycles. The van der Waals surface area contributed by atoms with E-state index in [1.165, 1.54) is 25.1 Å². The van der Waals surface area contributed by atoms with Crippen molar-refractivity contribution in [1.82, 2.24) is 0 Å². The van der Waals surface area contributed by atoms with E-state index in [0.717, 1.165) is 0 Å². The van der Waals surface area contributed by atoms with Gasteiger partial charge < -0.3 is 10.1 Å². The summed E-state index contributed by atoms with van der Waals surface area (Å²) in [5, 5.41) is 13.3. The van der Waals surface area contributed by atoms with Gasteiger partial charge in [-0.25, -0.2) is 0 Å². The van der Waals surface area contributed by atoms with Crippen molar-refractivity contribution in [3.05, 3.63) is 63.7 Å². The predicted octanol–water partition coefficient (Wildman–Crippen LogP) is 3.12. The van der Waals surface area contributed by atoms with Crippen LogP contribution in [0, 0.1) is 17.0 Å². The topological polar surface area (TPSA) is 98.5 Å². The number of ether oxygens (including phenoxy) is 1. The van der Waals surface area contributed by atoms with E-state index in [0.29, 0.717) is 22.6 Å². The molecule has 1 N–H and O–H groups in total. The first-order chi connectivity index (χ1) is 11.4. The summed E-state index contributed by atoms with van der Waals surface area (Å²) < 4.78 is 5.38. The molecule has 0 spiro atoms. The zero-order valence-corrected chi connectivity index (χ0v) is 13.2. The van der Waals surface area contributed by atoms with Gasteiger partial charge in [0.15, 0.2) is 12.4 Å². The van der Waals surface area contributed by atoms with Gasteiger partial charge in [0, 0.05) is 23.4 Å². The van der Waals surface area contributed by atoms with Gasteiger partial charge in [-0.15, -0.1) is 0 Å². The number of aryl methyl sites for hydroxylation is 1. The van der Waals surface area contributed by atoms with Crippen LogP contribution in [-0.2, 0) is 4.79 Å². The number of Topliss-reactive ketones (excluding diaryl/α,β-unsaturated/α-hetero) is 1. The normalized spacial score (nSPS) is 10.1. The lowest BCUT2D eigenvalue weighted by molar-refractivity contribution is -0.384. The number of nitrogens with zero attached hydrogens (tertiary/aromatic N) is 1. The third kappa shape index (κ3) is 4.39. The second-order valence-corrected chi connectivity index (χ2v) is 5.18. The van der Waals surface area contributed by atoms with Crippen molar-refractivity contribution >= 4 is 23.1 Å². The molecule has 0 saturated carbocycles. The van der Waals surface area contributed by atoms with E-state index in [1.54, 1.807) is 31.2 Å². The molecule has 0 atom stereocenters. The number of nitro groups is 1. The summed E-state index contributed by atoms with van der Waals surface area (Å²) in [5.74, 6) is -0.0177. The highest BCUT2D eigenvalue weighted by Gasteiger charge is 2.10. The molecule has 0 fully saturated rings. The minimum atomic E-state index is -0.492. The average Bonchev–Trinajstić information content (AvgIpc) is 2.54. The van der Waals surface area contributed by atoms with Crippen LogP contribution in [0.1, 0.15) is 22.8 Å². The highest BCUT2D eigenvalue weighted by molar-refractivity contribution is 5.95. The molecule has 0 saturated heterocycles. The maximum atomic E-state index is 11.9. The molecule has 0 aromatic heterocycles. The Kier molecular flexibility index (Phi) is 5.26. The Bertz CT molecular complexity index is 784. The number of ketones is 1. The lowest BCUT2D eigenvalue weighted by atomic mass is 10.1. The maximum absolute atomic E-state index is 11.9. The van der Waals surface area contributed by atoms with Gasteiger partial charge in [-0.2, -0.15) is 0 Å². The maximum Gasteiger partial charge on any atom is 0.269 e. The third-order valence-electron chi connectivity index (χ3n) is 3.30. The van der Waals surface area contributed by atoms with E-state index >= 15 is 0 Å². The molecule has 0 aliphatic carbocycles. The summed E-state index contributed by atoms with van der Waals surface area (Å²) in [7, 11) is 0. The minimum Gasteiger partial charge on any atom is -0.483 e. The number of amides is 1. The smallest absolute Gasteiger partial charge is 0.269 e. The Morgan fingerprint density at radius 3 is 2.38 bits per heavy atom. The molecular formula is C17H16N2O5. The van der Waals surface area contributed by atoms with Crippen LogP contribution in [0.25, 0.3) is 0 Å². The van der Waals surface area contributed by atoms with Gasteiger partial charge in [-0.05, 0) is 49.7 Å². The summed E-state index contributed by atoms with van der Waals surface area (Å²) in [6.07, 6.45) is 0. The van der Waals surface area contributed by atoms with Gasteiger partial charge in [-0.3, -0.25) is 19.7 Å². The van der Waals surface area contributed by atoms with Crippen molar-refractivity contribution in [2.45, 2.75) is 13.8 Å². The van der Waals surface area contributed by atoms with E-state index < -0.39 is 4.92 Å². The quantitative estimate of drug-likeness (QED) is 0.499. The molecule has 0 aliphatic rings. The van der Waals surface area contributed by atoms with Gasteiger partial charge in [0.2, 0.25) is 0 Å². The molecule has 2 aromatic carbocycles. The van der Waals surface area contributed by atoms with Crippen molar-refractivity contribution < 1.29 is 19.2 Å². The molecule has 7 heteroatoms. The summed E-state index contributed by atoms with van der Waals surface area (Å²) in [6.45, 7) is 2.90. The summed E-state index contributed by atoms with van der Waals surface area (Å²) in [4.78, 5) is 33.3. The van der Waals surface area contributed by atoms with Gasteiger partial charge in [0.05, 0.1) is 4.92 Å². The molecule has 124 valence electrons. The summed E-state index contributed by atoms with van der Waals surface area (Å²) in [6, 6.07) is 10.7. The highest BCUT2D eigenvalue weighted by Crippen LogP contribution is 2.23. The molecule has 1 amide bonds. The first-order valence-corrected chi connectivity index (χ1v) is 7.15. The van der Waals surface area contributed by atoms with Crippen LogP contribution >= 0.6 is 0 Å². The largest absolute Gasteiger partial charge is 0.483 e. The number of hydrogen-bond donors (Lipinski definition) is 1. The number of anilines is 1. The first kappa shape index (κ1) is 17.1. The van der Waals surface area contributed by atoms with Crippen LogP contribution in [0.5, 0.6) is 5.75 Å². The van der Waals surface area contributed by atoms with Gasteiger partial charge in [-0.1, -0.05) is 0 Å². The molecule has 0 radical (unpaired) electrons. The molecule has 2 aromatic rings. The third-order valence-corrected chi connectivity index (χ3v) is 3.30.